The number of fused-ring (bicyclic) bond motifs is 1. The highest BCUT2D eigenvalue weighted by atomic mass is 19.1. The summed E-state index contributed by atoms with van der Waals surface area (Å²) < 4.78 is 40.7. The minimum Gasteiger partial charge on any atom is -0.348 e. The van der Waals surface area contributed by atoms with Crippen LogP contribution in [0.25, 0.3) is 10.9 Å². The van der Waals surface area contributed by atoms with Gasteiger partial charge in [-0.15, -0.1) is 0 Å². The molecule has 1 aliphatic rings. The van der Waals surface area contributed by atoms with Gasteiger partial charge in [0.1, 0.15) is 24.0 Å². The maximum atomic E-state index is 13.8. The Labute approximate surface area is 216 Å². The summed E-state index contributed by atoms with van der Waals surface area (Å²) in [6, 6.07) is 6.19. The normalized spacial score (nSPS) is 19.8. The maximum absolute atomic E-state index is 13.8. The summed E-state index contributed by atoms with van der Waals surface area (Å²) in [6.07, 6.45) is 5.29. The molecular formula is C27H37F3N4O3. The molecule has 1 fully saturated rings. The first kappa shape index (κ1) is 28.2. The Morgan fingerprint density at radius 2 is 1.84 bits per heavy atom. The van der Waals surface area contributed by atoms with Crippen LogP contribution in [0, 0.1) is 17.5 Å². The number of hydrogen-bond acceptors (Lipinski definition) is 4. The summed E-state index contributed by atoms with van der Waals surface area (Å²) in [5.41, 5.74) is -1.02. The molecule has 2 aromatic carbocycles. The molecule has 1 saturated heterocycles. The molecule has 3 aromatic rings. The number of hydrogen-bond donors (Lipinski definition) is 3. The smallest absolute Gasteiger partial charge is 0.329 e. The van der Waals surface area contributed by atoms with Gasteiger partial charge in [0.15, 0.2) is 0 Å². The Bertz CT molecular complexity index is 1400. The average molecular weight is 523 g/mol. The van der Waals surface area contributed by atoms with E-state index in [1.54, 1.807) is 0 Å². The number of carbonyl (C=O) groups excluding carboxylic acids is 1. The molecule has 0 radical (unpaired) electrons. The molecular weight excluding hydrogens is 485 g/mol. The third-order valence-electron chi connectivity index (χ3n) is 6.92. The Morgan fingerprint density at radius 1 is 1.16 bits per heavy atom. The van der Waals surface area contributed by atoms with Crippen molar-refractivity contribution in [2.75, 3.05) is 0 Å². The first-order valence-electron chi connectivity index (χ1n) is 12.4. The monoisotopic (exact) mass is 522 g/mol. The van der Waals surface area contributed by atoms with E-state index in [9.17, 15) is 27.6 Å². The largest absolute Gasteiger partial charge is 0.348 e. The number of aromatic nitrogens is 2. The Hall–Kier alpha value is -3.40. The van der Waals surface area contributed by atoms with Crippen LogP contribution in [0.2, 0.25) is 0 Å². The van der Waals surface area contributed by atoms with Gasteiger partial charge in [0, 0.05) is 26.1 Å². The summed E-state index contributed by atoms with van der Waals surface area (Å²) >= 11 is 0. The number of halogens is 3. The molecule has 1 aromatic heterocycles. The highest BCUT2D eigenvalue weighted by Gasteiger charge is 2.31. The minimum atomic E-state index is -0.838. The first-order chi connectivity index (χ1) is 17.5. The number of H-pyrrole nitrogens is 1. The molecule has 0 saturated carbocycles. The number of carbonyl (C=O) groups is 1. The van der Waals surface area contributed by atoms with Gasteiger partial charge in [0.2, 0.25) is 5.91 Å². The molecule has 7 nitrogen and oxygen atoms in total. The third kappa shape index (κ3) is 6.88. The number of nitrogens with one attached hydrogen (secondary N) is 3. The van der Waals surface area contributed by atoms with Crippen LogP contribution in [0.4, 0.5) is 13.2 Å². The van der Waals surface area contributed by atoms with Crippen LogP contribution in [0.5, 0.6) is 0 Å². The molecule has 2 heterocycles. The van der Waals surface area contributed by atoms with E-state index < -0.39 is 47.2 Å². The van der Waals surface area contributed by atoms with Gasteiger partial charge in [-0.3, -0.25) is 14.2 Å². The second-order valence-corrected chi connectivity index (χ2v) is 9.67. The van der Waals surface area contributed by atoms with Gasteiger partial charge in [-0.2, -0.15) is 0 Å². The van der Waals surface area contributed by atoms with Crippen LogP contribution in [-0.4, -0.2) is 27.0 Å². The zero-order valence-corrected chi connectivity index (χ0v) is 21.5. The van der Waals surface area contributed by atoms with Crippen molar-refractivity contribution < 1.29 is 20.8 Å². The van der Waals surface area contributed by atoms with E-state index in [1.165, 1.54) is 44.7 Å². The molecule has 37 heavy (non-hydrogen) atoms. The van der Waals surface area contributed by atoms with E-state index in [4.69, 9.17) is 0 Å². The van der Waals surface area contributed by atoms with Gasteiger partial charge in [0.25, 0.3) is 5.56 Å². The zero-order valence-electron chi connectivity index (χ0n) is 21.5. The number of aromatic amines is 1. The minimum absolute atomic E-state index is 0. The van der Waals surface area contributed by atoms with E-state index in [1.807, 2.05) is 0 Å². The number of rotatable bonds is 6. The van der Waals surface area contributed by atoms with Crippen LogP contribution in [0.1, 0.15) is 67.8 Å². The van der Waals surface area contributed by atoms with Crippen molar-refractivity contribution in [3.8, 4) is 0 Å². The summed E-state index contributed by atoms with van der Waals surface area (Å²) in [4.78, 5) is 39.0. The molecule has 204 valence electrons. The Balaban J connectivity index is 0.000000538. The summed E-state index contributed by atoms with van der Waals surface area (Å²) in [6.45, 7) is 7.69. The van der Waals surface area contributed by atoms with Crippen LogP contribution in [-0.2, 0) is 11.3 Å². The molecule has 10 heteroatoms. The Kier molecular flexibility index (Phi) is 8.96. The second-order valence-electron chi connectivity index (χ2n) is 9.67. The van der Waals surface area contributed by atoms with Gasteiger partial charge in [0.05, 0.1) is 16.9 Å². The fraction of sp³-hybridized carbons (Fsp3) is 0.444. The lowest BCUT2D eigenvalue weighted by atomic mass is 9.97. The topological polar surface area (TPSA) is 96.0 Å². The molecule has 0 spiro atoms. The highest BCUT2D eigenvalue weighted by molar-refractivity contribution is 5.79. The summed E-state index contributed by atoms with van der Waals surface area (Å²) in [5, 5.41) is 6.01. The number of benzene rings is 2. The Morgan fingerprint density at radius 3 is 2.43 bits per heavy atom. The second kappa shape index (κ2) is 11.8. The van der Waals surface area contributed by atoms with E-state index in [0.717, 1.165) is 24.2 Å². The molecule has 3 N–H and O–H groups in total. The van der Waals surface area contributed by atoms with Crippen LogP contribution >= 0.6 is 0 Å². The van der Waals surface area contributed by atoms with Crippen molar-refractivity contribution in [2.45, 2.75) is 77.5 Å². The highest BCUT2D eigenvalue weighted by Crippen LogP contribution is 2.26. The van der Waals surface area contributed by atoms with Crippen molar-refractivity contribution >= 4 is 16.8 Å². The van der Waals surface area contributed by atoms with E-state index >= 15 is 0 Å². The summed E-state index contributed by atoms with van der Waals surface area (Å²) in [7, 11) is 0. The van der Waals surface area contributed by atoms with E-state index in [2.05, 4.69) is 36.4 Å². The summed E-state index contributed by atoms with van der Waals surface area (Å²) in [5.74, 6) is -2.99. The van der Waals surface area contributed by atoms with Gasteiger partial charge in [-0.05, 0) is 63.8 Å². The molecule has 0 bridgehead atoms. The first-order valence-corrected chi connectivity index (χ1v) is 12.4. The lowest BCUT2D eigenvalue weighted by Crippen LogP contribution is -2.41. The van der Waals surface area contributed by atoms with Gasteiger partial charge in [-0.1, -0.05) is 19.9 Å². The number of amides is 1. The predicted octanol–water partition coefficient (Wildman–Crippen LogP) is 4.79. The maximum Gasteiger partial charge on any atom is 0.329 e. The molecule has 1 amide bonds. The van der Waals surface area contributed by atoms with Crippen LogP contribution < -0.4 is 21.9 Å². The average Bonchev–Trinajstić information content (AvgIpc) is 3.24. The molecule has 3 atom stereocenters. The van der Waals surface area contributed by atoms with Crippen molar-refractivity contribution in [3.63, 3.8) is 0 Å². The zero-order chi connectivity index (χ0) is 27.3. The van der Waals surface area contributed by atoms with Crippen molar-refractivity contribution in [1.82, 2.24) is 20.2 Å². The van der Waals surface area contributed by atoms with Crippen molar-refractivity contribution in [3.05, 3.63) is 80.3 Å². The van der Waals surface area contributed by atoms with Crippen molar-refractivity contribution in [2.24, 2.45) is 0 Å². The van der Waals surface area contributed by atoms with Crippen LogP contribution in [0.3, 0.4) is 0 Å². The lowest BCUT2D eigenvalue weighted by molar-refractivity contribution is -0.122. The van der Waals surface area contributed by atoms with E-state index in [-0.39, 0.29) is 19.3 Å². The van der Waals surface area contributed by atoms with Gasteiger partial charge < -0.3 is 15.6 Å². The fourth-order valence-corrected chi connectivity index (χ4v) is 4.44. The lowest BCUT2D eigenvalue weighted by Gasteiger charge is -2.23. The SMILES string of the molecule is CCC1CCC(C)(CC)N1.C[C@@H](NC(=O)Cn1c(=O)[nH]c2ccc(F)cc2c1=O)c1ccc(F)cc1F.[HH].[HH]. The van der Waals surface area contributed by atoms with Gasteiger partial charge >= 0.3 is 5.69 Å². The van der Waals surface area contributed by atoms with E-state index in [0.29, 0.717) is 16.2 Å². The van der Waals surface area contributed by atoms with Gasteiger partial charge in [-0.25, -0.2) is 18.0 Å². The molecule has 2 unspecified atom stereocenters. The van der Waals surface area contributed by atoms with Crippen LogP contribution in [0.15, 0.2) is 46.0 Å². The predicted molar refractivity (Wildman–Crippen MR) is 141 cm³/mol. The number of nitrogens with zero attached hydrogens (tertiary/aromatic N) is 1. The molecule has 1 aliphatic heterocycles. The van der Waals surface area contributed by atoms with Crippen molar-refractivity contribution in [1.29, 1.82) is 0 Å². The third-order valence-corrected chi connectivity index (χ3v) is 6.92. The molecule has 0 aliphatic carbocycles. The standard InChI is InChI=1S/C18H14F3N3O3.C9H19N.2H2/c1-9(12-4-2-11(20)7-14(12)21)22-16(25)8-24-17(26)13-6-10(19)3-5-15(13)23-18(24)27;1-4-8-6-7-9(3,5-2)10-8;;/h2-7,9H,8H2,1H3,(H,22,25)(H,23,27);8,10H,4-7H2,1-3H3;2*1H/t9-;;;/m1.../s1. The molecule has 4 rings (SSSR count). The fourth-order valence-electron chi connectivity index (χ4n) is 4.44. The quantitative estimate of drug-likeness (QED) is 0.434.